The zero-order valence-electron chi connectivity index (χ0n) is 12.6. The van der Waals surface area contributed by atoms with Crippen LogP contribution in [0.2, 0.25) is 0 Å². The largest absolute Gasteiger partial charge is 0.306 e. The van der Waals surface area contributed by atoms with Gasteiger partial charge in [-0.2, -0.15) is 0 Å². The number of carbonyl (C=O) groups excluding carboxylic acids is 1. The van der Waals surface area contributed by atoms with E-state index in [1.165, 1.54) is 12.8 Å². The summed E-state index contributed by atoms with van der Waals surface area (Å²) >= 11 is 0. The standard InChI is InChI=1S/C15H27N3O/c1-14(2)4-10-18(11-5-14)15(12-16-13-19)6-8-17(3)9-7-15/h12-13H,4-11H2,1-3H3. The average molecular weight is 265 g/mol. The number of piperidine rings is 2. The zero-order chi connectivity index (χ0) is 13.9. The molecule has 0 aliphatic carbocycles. The molecule has 2 aliphatic heterocycles. The van der Waals surface area contributed by atoms with E-state index in [0.717, 1.165) is 39.0 Å². The quantitative estimate of drug-likeness (QED) is 0.576. The summed E-state index contributed by atoms with van der Waals surface area (Å²) in [4.78, 5) is 19.5. The van der Waals surface area contributed by atoms with Crippen LogP contribution in [0.1, 0.15) is 39.5 Å². The summed E-state index contributed by atoms with van der Waals surface area (Å²) in [7, 11) is 2.17. The summed E-state index contributed by atoms with van der Waals surface area (Å²) in [5.41, 5.74) is 0.481. The maximum Gasteiger partial charge on any atom is 0.232 e. The van der Waals surface area contributed by atoms with E-state index in [0.29, 0.717) is 11.8 Å². The number of rotatable bonds is 3. The second kappa shape index (κ2) is 5.71. The summed E-state index contributed by atoms with van der Waals surface area (Å²) in [6.07, 6.45) is 7.24. The lowest BCUT2D eigenvalue weighted by Gasteiger charge is -2.50. The molecule has 2 heterocycles. The van der Waals surface area contributed by atoms with Crippen LogP contribution in [-0.2, 0) is 4.79 Å². The van der Waals surface area contributed by atoms with Gasteiger partial charge in [0.2, 0.25) is 6.41 Å². The minimum absolute atomic E-state index is 0.0178. The van der Waals surface area contributed by atoms with Gasteiger partial charge in [0.1, 0.15) is 0 Å². The van der Waals surface area contributed by atoms with Crippen LogP contribution in [0.3, 0.4) is 0 Å². The molecule has 0 spiro atoms. The van der Waals surface area contributed by atoms with Crippen molar-refractivity contribution >= 4 is 12.6 Å². The Morgan fingerprint density at radius 2 is 1.58 bits per heavy atom. The third-order valence-electron chi connectivity index (χ3n) is 4.98. The predicted octanol–water partition coefficient (Wildman–Crippen LogP) is 1.80. The first-order chi connectivity index (χ1) is 8.97. The molecule has 2 aliphatic rings. The first-order valence-electron chi connectivity index (χ1n) is 7.39. The number of likely N-dealkylation sites (tertiary alicyclic amines) is 2. The maximum absolute atomic E-state index is 10.6. The van der Waals surface area contributed by atoms with Crippen molar-refractivity contribution in [3.05, 3.63) is 0 Å². The lowest BCUT2D eigenvalue weighted by atomic mass is 9.78. The lowest BCUT2D eigenvalue weighted by Crippen LogP contribution is -2.58. The molecule has 0 bridgehead atoms. The molecule has 4 nitrogen and oxygen atoms in total. The van der Waals surface area contributed by atoms with Crippen LogP contribution in [0.4, 0.5) is 0 Å². The first-order valence-corrected chi connectivity index (χ1v) is 7.39. The Morgan fingerprint density at radius 1 is 1.00 bits per heavy atom. The van der Waals surface area contributed by atoms with Crippen LogP contribution >= 0.6 is 0 Å². The molecule has 1 amide bonds. The number of aliphatic imine (C=N–C) groups is 1. The van der Waals surface area contributed by atoms with Crippen molar-refractivity contribution in [3.8, 4) is 0 Å². The molecular formula is C15H27N3O. The molecule has 0 N–H and O–H groups in total. The zero-order valence-corrected chi connectivity index (χ0v) is 12.6. The van der Waals surface area contributed by atoms with Crippen molar-refractivity contribution in [3.63, 3.8) is 0 Å². The molecule has 4 heteroatoms. The Hall–Kier alpha value is -0.740. The first kappa shape index (κ1) is 14.7. The van der Waals surface area contributed by atoms with E-state index in [2.05, 4.69) is 35.7 Å². The highest BCUT2D eigenvalue weighted by Crippen LogP contribution is 2.36. The highest BCUT2D eigenvalue weighted by atomic mass is 16.1. The Balaban J connectivity index is 2.10. The van der Waals surface area contributed by atoms with Crippen LogP contribution < -0.4 is 0 Å². The number of hydrogen-bond acceptors (Lipinski definition) is 3. The van der Waals surface area contributed by atoms with Crippen molar-refractivity contribution in [2.24, 2.45) is 10.4 Å². The molecule has 108 valence electrons. The molecule has 19 heavy (non-hydrogen) atoms. The molecule has 0 aromatic rings. The lowest BCUT2D eigenvalue weighted by molar-refractivity contribution is -0.106. The van der Waals surface area contributed by atoms with Gasteiger partial charge in [0.25, 0.3) is 0 Å². The number of hydrogen-bond donors (Lipinski definition) is 0. The van der Waals surface area contributed by atoms with Gasteiger partial charge in [-0.05, 0) is 64.3 Å². The Morgan fingerprint density at radius 3 is 2.11 bits per heavy atom. The fourth-order valence-corrected chi connectivity index (χ4v) is 3.26. The monoisotopic (exact) mass is 265 g/mol. The second-order valence-electron chi connectivity index (χ2n) is 6.94. The molecule has 2 rings (SSSR count). The van der Waals surface area contributed by atoms with Crippen molar-refractivity contribution < 1.29 is 4.79 Å². The summed E-state index contributed by atoms with van der Waals surface area (Å²) in [6.45, 7) is 9.13. The maximum atomic E-state index is 10.6. The molecule has 2 saturated heterocycles. The Kier molecular flexibility index (Phi) is 4.41. The van der Waals surface area contributed by atoms with Gasteiger partial charge in [0.05, 0.1) is 5.54 Å². The van der Waals surface area contributed by atoms with Crippen LogP contribution in [0.15, 0.2) is 4.99 Å². The van der Waals surface area contributed by atoms with E-state index in [-0.39, 0.29) is 5.54 Å². The minimum atomic E-state index is 0.0178. The van der Waals surface area contributed by atoms with Gasteiger partial charge < -0.3 is 4.90 Å². The molecule has 0 aromatic carbocycles. The predicted molar refractivity (Wildman–Crippen MR) is 78.6 cm³/mol. The van der Waals surface area contributed by atoms with Gasteiger partial charge in [-0.25, -0.2) is 4.99 Å². The molecule has 0 unspecified atom stereocenters. The molecule has 0 atom stereocenters. The van der Waals surface area contributed by atoms with Crippen LogP contribution in [-0.4, -0.2) is 61.2 Å². The third kappa shape index (κ3) is 3.42. The second-order valence-corrected chi connectivity index (χ2v) is 6.94. The normalized spacial score (nSPS) is 28.6. The summed E-state index contributed by atoms with van der Waals surface area (Å²) in [6, 6.07) is 0. The molecule has 0 radical (unpaired) electrons. The summed E-state index contributed by atoms with van der Waals surface area (Å²) < 4.78 is 0. The highest BCUT2D eigenvalue weighted by molar-refractivity contribution is 5.77. The van der Waals surface area contributed by atoms with E-state index in [4.69, 9.17) is 0 Å². The van der Waals surface area contributed by atoms with Crippen LogP contribution in [0.25, 0.3) is 0 Å². The third-order valence-corrected chi connectivity index (χ3v) is 4.98. The van der Waals surface area contributed by atoms with E-state index < -0.39 is 0 Å². The van der Waals surface area contributed by atoms with Gasteiger partial charge in [-0.15, -0.1) is 0 Å². The average Bonchev–Trinajstić information content (AvgIpc) is 2.39. The van der Waals surface area contributed by atoms with Crippen LogP contribution in [0, 0.1) is 5.41 Å². The topological polar surface area (TPSA) is 35.9 Å². The molecule has 2 fully saturated rings. The van der Waals surface area contributed by atoms with Crippen molar-refractivity contribution in [2.45, 2.75) is 45.1 Å². The van der Waals surface area contributed by atoms with Gasteiger partial charge in [-0.1, -0.05) is 13.8 Å². The van der Waals surface area contributed by atoms with Crippen molar-refractivity contribution in [1.29, 1.82) is 0 Å². The van der Waals surface area contributed by atoms with Gasteiger partial charge in [0, 0.05) is 6.21 Å². The SMILES string of the molecule is CN1CCC(C=NC=O)(N2CCC(C)(C)CC2)CC1. The smallest absolute Gasteiger partial charge is 0.232 e. The van der Waals surface area contributed by atoms with E-state index in [9.17, 15) is 4.79 Å². The fraction of sp³-hybridized carbons (Fsp3) is 0.867. The van der Waals surface area contributed by atoms with Crippen LogP contribution in [0.5, 0.6) is 0 Å². The van der Waals surface area contributed by atoms with Crippen molar-refractivity contribution in [1.82, 2.24) is 9.80 Å². The van der Waals surface area contributed by atoms with Gasteiger partial charge >= 0.3 is 0 Å². The minimum Gasteiger partial charge on any atom is -0.306 e. The Bertz CT molecular complexity index is 333. The highest BCUT2D eigenvalue weighted by Gasteiger charge is 2.40. The molecule has 0 aromatic heterocycles. The van der Waals surface area contributed by atoms with E-state index in [1.807, 2.05) is 6.21 Å². The van der Waals surface area contributed by atoms with Crippen molar-refractivity contribution in [2.75, 3.05) is 33.2 Å². The van der Waals surface area contributed by atoms with E-state index >= 15 is 0 Å². The summed E-state index contributed by atoms with van der Waals surface area (Å²) in [5, 5.41) is 0. The van der Waals surface area contributed by atoms with Gasteiger partial charge in [0.15, 0.2) is 0 Å². The molecule has 0 saturated carbocycles. The number of amides is 1. The van der Waals surface area contributed by atoms with Gasteiger partial charge in [-0.3, -0.25) is 9.69 Å². The summed E-state index contributed by atoms with van der Waals surface area (Å²) in [5.74, 6) is 0. The van der Waals surface area contributed by atoms with E-state index in [1.54, 1.807) is 0 Å². The Labute approximate surface area is 116 Å². The number of carbonyl (C=O) groups is 1. The molecular weight excluding hydrogens is 238 g/mol. The number of nitrogens with zero attached hydrogens (tertiary/aromatic N) is 3. The fourth-order valence-electron chi connectivity index (χ4n) is 3.26.